The number of aromatic amines is 1. The molecule has 0 fully saturated rings. The molecular formula is C36H32N4O3. The minimum atomic E-state index is 0.196. The number of benzene rings is 5. The van der Waals surface area contributed by atoms with Crippen LogP contribution >= 0.6 is 0 Å². The molecule has 0 aliphatic rings. The summed E-state index contributed by atoms with van der Waals surface area (Å²) < 4.78 is 11.3. The molecule has 0 unspecified atom stereocenters. The van der Waals surface area contributed by atoms with E-state index in [2.05, 4.69) is 63.4 Å². The van der Waals surface area contributed by atoms with Gasteiger partial charge in [-0.1, -0.05) is 12.1 Å². The molecule has 214 valence electrons. The van der Waals surface area contributed by atoms with Crippen molar-refractivity contribution in [1.29, 1.82) is 0 Å². The van der Waals surface area contributed by atoms with Crippen LogP contribution in [0.3, 0.4) is 0 Å². The number of aromatic hydroxyl groups is 1. The minimum absolute atomic E-state index is 0.196. The van der Waals surface area contributed by atoms with Gasteiger partial charge in [0.1, 0.15) is 23.1 Å². The number of hydrogen-bond donors (Lipinski definition) is 2. The Labute approximate surface area is 250 Å². The number of hydrogen-bond acceptors (Lipinski definition) is 6. The molecule has 0 saturated carbocycles. The van der Waals surface area contributed by atoms with Gasteiger partial charge in [0.05, 0.1) is 29.9 Å². The lowest BCUT2D eigenvalue weighted by molar-refractivity contribution is 0.340. The van der Waals surface area contributed by atoms with Crippen LogP contribution in [0.4, 0.5) is 22.7 Å². The first-order valence-corrected chi connectivity index (χ1v) is 14.3. The first-order chi connectivity index (χ1) is 21.1. The summed E-state index contributed by atoms with van der Waals surface area (Å²) >= 11 is 0. The van der Waals surface area contributed by atoms with Crippen LogP contribution in [0, 0.1) is 0 Å². The molecule has 0 saturated heterocycles. The third-order valence-electron chi connectivity index (χ3n) is 6.97. The fourth-order valence-electron chi connectivity index (χ4n) is 4.88. The van der Waals surface area contributed by atoms with Crippen LogP contribution in [-0.2, 0) is 0 Å². The largest absolute Gasteiger partial charge is 0.507 e. The highest BCUT2D eigenvalue weighted by Gasteiger charge is 2.14. The fourth-order valence-corrected chi connectivity index (χ4v) is 4.88. The Morgan fingerprint density at radius 3 is 1.91 bits per heavy atom. The van der Waals surface area contributed by atoms with Crippen molar-refractivity contribution in [3.05, 3.63) is 121 Å². The van der Waals surface area contributed by atoms with Gasteiger partial charge < -0.3 is 24.5 Å². The maximum atomic E-state index is 10.0. The van der Waals surface area contributed by atoms with Gasteiger partial charge in [-0.25, -0.2) is 4.98 Å². The minimum Gasteiger partial charge on any atom is -0.507 e. The molecule has 0 atom stereocenters. The maximum Gasteiger partial charge on any atom is 0.138 e. The standard InChI is InChI=1S/C36H32N4O3/c1-3-42-31-18-14-29(15-19-31)40(30-16-20-32(21-17-30)43-4-2)28-12-9-25(10-13-28)36-38-33-22-11-27(23-34(33)39-36)37-24-26-7-5-6-8-35(26)41/h5-24,41H,3-4H2,1-2H3,(H,38,39). The average Bonchev–Trinajstić information content (AvgIpc) is 3.47. The molecule has 0 bridgehead atoms. The van der Waals surface area contributed by atoms with Gasteiger partial charge in [-0.15, -0.1) is 0 Å². The molecule has 0 spiro atoms. The van der Waals surface area contributed by atoms with E-state index in [-0.39, 0.29) is 5.75 Å². The third kappa shape index (κ3) is 6.21. The van der Waals surface area contributed by atoms with E-state index in [0.29, 0.717) is 18.8 Å². The predicted octanol–water partition coefficient (Wildman–Crippen LogP) is 8.95. The van der Waals surface area contributed by atoms with Gasteiger partial charge in [-0.2, -0.15) is 0 Å². The van der Waals surface area contributed by atoms with E-state index in [1.807, 2.05) is 68.4 Å². The molecule has 0 radical (unpaired) electrons. The van der Waals surface area contributed by atoms with Crippen molar-refractivity contribution < 1.29 is 14.6 Å². The Bertz CT molecular complexity index is 1790. The second-order valence-electron chi connectivity index (χ2n) is 9.84. The Morgan fingerprint density at radius 2 is 1.33 bits per heavy atom. The lowest BCUT2D eigenvalue weighted by Gasteiger charge is -2.26. The van der Waals surface area contributed by atoms with Gasteiger partial charge in [-0.3, -0.25) is 4.99 Å². The molecule has 1 heterocycles. The van der Waals surface area contributed by atoms with Crippen LogP contribution in [-0.4, -0.2) is 34.5 Å². The number of ether oxygens (including phenoxy) is 2. The van der Waals surface area contributed by atoms with E-state index in [4.69, 9.17) is 14.5 Å². The molecule has 7 heteroatoms. The average molecular weight is 569 g/mol. The van der Waals surface area contributed by atoms with Crippen LogP contribution in [0.15, 0.2) is 120 Å². The van der Waals surface area contributed by atoms with E-state index < -0.39 is 0 Å². The molecular weight excluding hydrogens is 536 g/mol. The van der Waals surface area contributed by atoms with Gasteiger partial charge >= 0.3 is 0 Å². The van der Waals surface area contributed by atoms with Crippen LogP contribution < -0.4 is 14.4 Å². The van der Waals surface area contributed by atoms with Crippen molar-refractivity contribution in [2.75, 3.05) is 18.1 Å². The molecule has 5 aromatic carbocycles. The number of fused-ring (bicyclic) bond motifs is 1. The molecule has 0 aliphatic heterocycles. The van der Waals surface area contributed by atoms with E-state index in [9.17, 15) is 5.11 Å². The summed E-state index contributed by atoms with van der Waals surface area (Å²) in [5.74, 6) is 2.65. The van der Waals surface area contributed by atoms with Crippen molar-refractivity contribution in [2.24, 2.45) is 4.99 Å². The number of para-hydroxylation sites is 1. The highest BCUT2D eigenvalue weighted by atomic mass is 16.5. The van der Waals surface area contributed by atoms with E-state index in [1.54, 1.807) is 18.3 Å². The van der Waals surface area contributed by atoms with Crippen molar-refractivity contribution in [3.8, 4) is 28.6 Å². The summed E-state index contributed by atoms with van der Waals surface area (Å²) in [5, 5.41) is 10.0. The van der Waals surface area contributed by atoms with Gasteiger partial charge in [-0.05, 0) is 117 Å². The van der Waals surface area contributed by atoms with Gasteiger partial charge in [0.25, 0.3) is 0 Å². The number of phenols is 1. The highest BCUT2D eigenvalue weighted by molar-refractivity contribution is 5.88. The number of imidazole rings is 1. The zero-order valence-corrected chi connectivity index (χ0v) is 24.1. The molecule has 6 rings (SSSR count). The second-order valence-corrected chi connectivity index (χ2v) is 9.84. The van der Waals surface area contributed by atoms with Crippen LogP contribution in [0.2, 0.25) is 0 Å². The normalized spacial score (nSPS) is 11.2. The summed E-state index contributed by atoms with van der Waals surface area (Å²) in [5.41, 5.74) is 7.16. The topological polar surface area (TPSA) is 83.0 Å². The quantitative estimate of drug-likeness (QED) is 0.161. The number of phenolic OH excluding ortho intramolecular Hbond substituents is 1. The zero-order valence-electron chi connectivity index (χ0n) is 24.1. The summed E-state index contributed by atoms with van der Waals surface area (Å²) in [4.78, 5) is 15.0. The molecule has 43 heavy (non-hydrogen) atoms. The lowest BCUT2D eigenvalue weighted by atomic mass is 10.1. The molecule has 7 nitrogen and oxygen atoms in total. The van der Waals surface area contributed by atoms with E-state index in [1.165, 1.54) is 0 Å². The van der Waals surface area contributed by atoms with Gasteiger partial charge in [0, 0.05) is 34.4 Å². The number of nitrogens with one attached hydrogen (secondary N) is 1. The van der Waals surface area contributed by atoms with Crippen molar-refractivity contribution >= 4 is 40.0 Å². The van der Waals surface area contributed by atoms with E-state index in [0.717, 1.165) is 56.7 Å². The molecule has 0 aliphatic carbocycles. The Kier molecular flexibility index (Phi) is 8.04. The van der Waals surface area contributed by atoms with Crippen LogP contribution in [0.25, 0.3) is 22.4 Å². The first kappa shape index (κ1) is 27.6. The first-order valence-electron chi connectivity index (χ1n) is 14.3. The maximum absolute atomic E-state index is 10.0. The Balaban J connectivity index is 1.28. The van der Waals surface area contributed by atoms with Crippen LogP contribution in [0.5, 0.6) is 17.2 Å². The Morgan fingerprint density at radius 1 is 0.744 bits per heavy atom. The number of H-pyrrole nitrogens is 1. The Hall–Kier alpha value is -5.56. The molecule has 2 N–H and O–H groups in total. The van der Waals surface area contributed by atoms with Gasteiger partial charge in [0.15, 0.2) is 0 Å². The van der Waals surface area contributed by atoms with E-state index >= 15 is 0 Å². The SMILES string of the molecule is CCOc1ccc(N(c2ccc(OCC)cc2)c2ccc(-c3nc4cc(N=Cc5ccccc5O)ccc4[nH]3)cc2)cc1. The number of aromatic nitrogens is 2. The lowest BCUT2D eigenvalue weighted by Crippen LogP contribution is -2.10. The second kappa shape index (κ2) is 12.5. The number of anilines is 3. The highest BCUT2D eigenvalue weighted by Crippen LogP contribution is 2.37. The third-order valence-corrected chi connectivity index (χ3v) is 6.97. The van der Waals surface area contributed by atoms with Crippen molar-refractivity contribution in [3.63, 3.8) is 0 Å². The smallest absolute Gasteiger partial charge is 0.138 e. The number of rotatable bonds is 10. The zero-order chi connectivity index (χ0) is 29.6. The summed E-state index contributed by atoms with van der Waals surface area (Å²) in [6, 6.07) is 37.5. The summed E-state index contributed by atoms with van der Waals surface area (Å²) in [6.07, 6.45) is 1.66. The molecule has 1 aromatic heterocycles. The molecule has 0 amide bonds. The van der Waals surface area contributed by atoms with Crippen molar-refractivity contribution in [1.82, 2.24) is 9.97 Å². The van der Waals surface area contributed by atoms with Crippen LogP contribution in [0.1, 0.15) is 19.4 Å². The number of aliphatic imine (C=N–C) groups is 1. The summed E-state index contributed by atoms with van der Waals surface area (Å²) in [7, 11) is 0. The van der Waals surface area contributed by atoms with Crippen molar-refractivity contribution in [2.45, 2.75) is 13.8 Å². The molecule has 6 aromatic rings. The monoisotopic (exact) mass is 568 g/mol. The van der Waals surface area contributed by atoms with Gasteiger partial charge in [0.2, 0.25) is 0 Å². The fraction of sp³-hybridized carbons (Fsp3) is 0.111. The number of nitrogens with zero attached hydrogens (tertiary/aromatic N) is 3. The summed E-state index contributed by atoms with van der Waals surface area (Å²) in [6.45, 7) is 5.21. The predicted molar refractivity (Wildman–Crippen MR) is 174 cm³/mol.